The summed E-state index contributed by atoms with van der Waals surface area (Å²) in [5, 5.41) is 6.20. The Morgan fingerprint density at radius 1 is 1.44 bits per heavy atom. The molecule has 1 aromatic heterocycles. The molecule has 18 heavy (non-hydrogen) atoms. The summed E-state index contributed by atoms with van der Waals surface area (Å²) in [7, 11) is 0. The normalized spacial score (nSPS) is 12.4. The fourth-order valence-corrected chi connectivity index (χ4v) is 2.63. The summed E-state index contributed by atoms with van der Waals surface area (Å²) in [6.07, 6.45) is 2.15. The van der Waals surface area contributed by atoms with Crippen molar-refractivity contribution >= 4 is 17.2 Å². The minimum Gasteiger partial charge on any atom is -0.355 e. The van der Waals surface area contributed by atoms with Crippen LogP contribution in [0.2, 0.25) is 0 Å². The first-order valence-corrected chi connectivity index (χ1v) is 7.43. The summed E-state index contributed by atoms with van der Waals surface area (Å²) in [5.74, 6) is 0.0912. The topological polar surface area (TPSA) is 41.1 Å². The van der Waals surface area contributed by atoms with E-state index in [1.54, 1.807) is 11.3 Å². The first-order chi connectivity index (χ1) is 8.54. The monoisotopic (exact) mass is 268 g/mol. The Balaban J connectivity index is 2.31. The summed E-state index contributed by atoms with van der Waals surface area (Å²) >= 11 is 1.80. The van der Waals surface area contributed by atoms with Gasteiger partial charge in [-0.15, -0.1) is 11.3 Å². The van der Waals surface area contributed by atoms with E-state index in [9.17, 15) is 4.79 Å². The van der Waals surface area contributed by atoms with Crippen LogP contribution in [0.15, 0.2) is 6.07 Å². The average molecular weight is 268 g/mol. The number of hydrogen-bond donors (Lipinski definition) is 2. The highest BCUT2D eigenvalue weighted by molar-refractivity contribution is 7.12. The van der Waals surface area contributed by atoms with E-state index in [2.05, 4.69) is 37.5 Å². The number of hydrogen-bond acceptors (Lipinski definition) is 3. The van der Waals surface area contributed by atoms with E-state index in [-0.39, 0.29) is 11.9 Å². The lowest BCUT2D eigenvalue weighted by Crippen LogP contribution is -2.42. The lowest BCUT2D eigenvalue weighted by molar-refractivity contribution is -0.122. The second kappa shape index (κ2) is 7.54. The van der Waals surface area contributed by atoms with Gasteiger partial charge in [0.2, 0.25) is 5.91 Å². The van der Waals surface area contributed by atoms with Crippen molar-refractivity contribution in [2.24, 2.45) is 0 Å². The third-order valence-electron chi connectivity index (χ3n) is 3.02. The zero-order valence-corrected chi connectivity index (χ0v) is 12.6. The van der Waals surface area contributed by atoms with E-state index in [0.29, 0.717) is 0 Å². The maximum Gasteiger partial charge on any atom is 0.236 e. The molecule has 1 amide bonds. The molecule has 1 aromatic rings. The summed E-state index contributed by atoms with van der Waals surface area (Å²) in [5.41, 5.74) is 1.33. The van der Waals surface area contributed by atoms with Gasteiger partial charge in [-0.25, -0.2) is 0 Å². The van der Waals surface area contributed by atoms with Crippen LogP contribution in [-0.4, -0.2) is 18.5 Å². The Bertz CT molecular complexity index is 368. The molecule has 1 unspecified atom stereocenters. The minimum atomic E-state index is -0.135. The fourth-order valence-electron chi connectivity index (χ4n) is 1.62. The molecule has 3 nitrogen and oxygen atoms in total. The molecule has 0 spiro atoms. The number of amides is 1. The maximum atomic E-state index is 11.7. The average Bonchev–Trinajstić information content (AvgIpc) is 2.66. The maximum absolute atomic E-state index is 11.7. The highest BCUT2D eigenvalue weighted by Crippen LogP contribution is 2.20. The first-order valence-electron chi connectivity index (χ1n) is 6.61. The number of carbonyl (C=O) groups is 1. The minimum absolute atomic E-state index is 0.0912. The van der Waals surface area contributed by atoms with Gasteiger partial charge in [-0.2, -0.15) is 0 Å². The third kappa shape index (κ3) is 4.78. The van der Waals surface area contributed by atoms with Gasteiger partial charge in [0.25, 0.3) is 0 Å². The Labute approximate surface area is 114 Å². The van der Waals surface area contributed by atoms with Gasteiger partial charge in [-0.3, -0.25) is 4.79 Å². The smallest absolute Gasteiger partial charge is 0.236 e. The Hall–Kier alpha value is -0.870. The molecule has 1 heterocycles. The van der Waals surface area contributed by atoms with E-state index < -0.39 is 0 Å². The molecule has 0 aromatic carbocycles. The van der Waals surface area contributed by atoms with Crippen LogP contribution in [0.4, 0.5) is 0 Å². The van der Waals surface area contributed by atoms with Crippen molar-refractivity contribution in [3.63, 3.8) is 0 Å². The lowest BCUT2D eigenvalue weighted by atomic mass is 10.2. The van der Waals surface area contributed by atoms with E-state index in [0.717, 1.165) is 25.9 Å². The van der Waals surface area contributed by atoms with Gasteiger partial charge < -0.3 is 10.6 Å². The summed E-state index contributed by atoms with van der Waals surface area (Å²) in [4.78, 5) is 14.4. The van der Waals surface area contributed by atoms with Crippen LogP contribution in [0, 0.1) is 13.8 Å². The molecule has 0 fully saturated rings. The number of nitrogens with one attached hydrogen (secondary N) is 2. The van der Waals surface area contributed by atoms with Crippen molar-refractivity contribution in [2.75, 3.05) is 6.54 Å². The molecule has 0 aliphatic heterocycles. The Morgan fingerprint density at radius 3 is 2.72 bits per heavy atom. The fraction of sp³-hybridized carbons (Fsp3) is 0.643. The quantitative estimate of drug-likeness (QED) is 0.747. The van der Waals surface area contributed by atoms with Crippen molar-refractivity contribution < 1.29 is 4.79 Å². The second-order valence-corrected chi connectivity index (χ2v) is 6.04. The van der Waals surface area contributed by atoms with E-state index in [4.69, 9.17) is 0 Å². The molecule has 0 bridgehead atoms. The number of carbonyl (C=O) groups excluding carboxylic acids is 1. The second-order valence-electron chi connectivity index (χ2n) is 4.70. The molecule has 0 radical (unpaired) electrons. The third-order valence-corrected chi connectivity index (χ3v) is 4.17. The Kier molecular flexibility index (Phi) is 6.36. The largest absolute Gasteiger partial charge is 0.355 e. The summed E-state index contributed by atoms with van der Waals surface area (Å²) in [6, 6.07) is 2.05. The van der Waals surface area contributed by atoms with Crippen LogP contribution < -0.4 is 10.6 Å². The van der Waals surface area contributed by atoms with Crippen molar-refractivity contribution in [1.29, 1.82) is 0 Å². The SMILES string of the molecule is CCCCNC(=O)C(C)NCc1cc(C)c(C)s1. The number of rotatable bonds is 7. The van der Waals surface area contributed by atoms with Crippen LogP contribution in [0.1, 0.15) is 42.0 Å². The van der Waals surface area contributed by atoms with Crippen molar-refractivity contribution in [3.05, 3.63) is 21.4 Å². The number of thiophene rings is 1. The van der Waals surface area contributed by atoms with Gasteiger partial charge in [-0.1, -0.05) is 13.3 Å². The van der Waals surface area contributed by atoms with Gasteiger partial charge in [-0.05, 0) is 38.8 Å². The predicted octanol–water partition coefficient (Wildman–Crippen LogP) is 2.76. The molecule has 1 rings (SSSR count). The van der Waals surface area contributed by atoms with Crippen molar-refractivity contribution in [1.82, 2.24) is 10.6 Å². The van der Waals surface area contributed by atoms with Crippen LogP contribution in [0.5, 0.6) is 0 Å². The van der Waals surface area contributed by atoms with Crippen LogP contribution >= 0.6 is 11.3 Å². The molecule has 1 atom stereocenters. The zero-order chi connectivity index (χ0) is 13.5. The van der Waals surface area contributed by atoms with Gasteiger partial charge in [0, 0.05) is 22.8 Å². The highest BCUT2D eigenvalue weighted by atomic mass is 32.1. The molecule has 102 valence electrons. The number of aryl methyl sites for hydroxylation is 2. The van der Waals surface area contributed by atoms with Gasteiger partial charge in [0.1, 0.15) is 0 Å². The standard InChI is InChI=1S/C14H24N2OS/c1-5-6-7-15-14(17)11(3)16-9-13-8-10(2)12(4)18-13/h8,11,16H,5-7,9H2,1-4H3,(H,15,17). The van der Waals surface area contributed by atoms with Crippen molar-refractivity contribution in [3.8, 4) is 0 Å². The Morgan fingerprint density at radius 2 is 2.17 bits per heavy atom. The molecule has 0 saturated heterocycles. The summed E-state index contributed by atoms with van der Waals surface area (Å²) in [6.45, 7) is 9.82. The highest BCUT2D eigenvalue weighted by Gasteiger charge is 2.11. The van der Waals surface area contributed by atoms with Crippen LogP contribution in [-0.2, 0) is 11.3 Å². The van der Waals surface area contributed by atoms with Gasteiger partial charge >= 0.3 is 0 Å². The lowest BCUT2D eigenvalue weighted by Gasteiger charge is -2.13. The first kappa shape index (κ1) is 15.2. The van der Waals surface area contributed by atoms with E-state index in [1.165, 1.54) is 15.3 Å². The molecule has 0 aliphatic rings. The van der Waals surface area contributed by atoms with Crippen molar-refractivity contribution in [2.45, 2.75) is 53.1 Å². The van der Waals surface area contributed by atoms with Gasteiger partial charge in [0.05, 0.1) is 6.04 Å². The van der Waals surface area contributed by atoms with E-state index in [1.807, 2.05) is 6.92 Å². The molecule has 2 N–H and O–H groups in total. The number of unbranched alkanes of at least 4 members (excludes halogenated alkanes) is 1. The molecule has 0 saturated carbocycles. The molecule has 4 heteroatoms. The zero-order valence-electron chi connectivity index (χ0n) is 11.8. The van der Waals surface area contributed by atoms with Crippen LogP contribution in [0.25, 0.3) is 0 Å². The molecular weight excluding hydrogens is 244 g/mol. The van der Waals surface area contributed by atoms with Crippen LogP contribution in [0.3, 0.4) is 0 Å². The predicted molar refractivity (Wildman–Crippen MR) is 78.0 cm³/mol. The summed E-state index contributed by atoms with van der Waals surface area (Å²) < 4.78 is 0. The molecular formula is C14H24N2OS. The van der Waals surface area contributed by atoms with E-state index >= 15 is 0 Å². The molecule has 0 aliphatic carbocycles. The van der Waals surface area contributed by atoms with Gasteiger partial charge in [0.15, 0.2) is 0 Å².